The van der Waals surface area contributed by atoms with Gasteiger partial charge in [-0.05, 0) is 68.0 Å². The predicted molar refractivity (Wildman–Crippen MR) is 134 cm³/mol. The van der Waals surface area contributed by atoms with E-state index in [1.54, 1.807) is 6.07 Å². The average molecular weight is 457 g/mol. The molecule has 0 aliphatic heterocycles. The molecule has 0 bridgehead atoms. The van der Waals surface area contributed by atoms with Crippen molar-refractivity contribution in [3.05, 3.63) is 64.1 Å². The van der Waals surface area contributed by atoms with Crippen LogP contribution in [0.15, 0.2) is 48.5 Å². The number of hydrogen-bond acceptors (Lipinski definition) is 4. The minimum Gasteiger partial charge on any atom is -0.377 e. The number of para-hydroxylation sites is 1. The lowest BCUT2D eigenvalue weighted by molar-refractivity contribution is 0.324. The molecule has 2 N–H and O–H groups in total. The summed E-state index contributed by atoms with van der Waals surface area (Å²) in [7, 11) is 4.17. The number of nitrogens with zero attached hydrogens (tertiary/aromatic N) is 2. The van der Waals surface area contributed by atoms with Crippen molar-refractivity contribution in [2.75, 3.05) is 30.9 Å². The molecule has 1 heterocycles. The molecule has 1 aliphatic rings. The highest BCUT2D eigenvalue weighted by atomic mass is 35.5. The van der Waals surface area contributed by atoms with E-state index in [-0.39, 0.29) is 0 Å². The van der Waals surface area contributed by atoms with Gasteiger partial charge in [-0.25, -0.2) is 4.98 Å². The molecule has 4 nitrogen and oxygen atoms in total. The maximum Gasteiger partial charge on any atom is 0.128 e. The topological polar surface area (TPSA) is 40.2 Å². The van der Waals surface area contributed by atoms with Gasteiger partial charge in [-0.3, -0.25) is 0 Å². The smallest absolute Gasteiger partial charge is 0.128 e. The molecule has 1 aromatic heterocycles. The number of nitrogens with one attached hydrogen (secondary N) is 2. The van der Waals surface area contributed by atoms with Gasteiger partial charge in [0.25, 0.3) is 0 Å². The zero-order chi connectivity index (χ0) is 21.8. The van der Waals surface area contributed by atoms with Gasteiger partial charge in [-0.15, -0.1) is 0 Å². The molecule has 1 fully saturated rings. The van der Waals surface area contributed by atoms with E-state index < -0.39 is 0 Å². The third kappa shape index (κ3) is 5.82. The minimum atomic E-state index is 0.478. The fourth-order valence-corrected chi connectivity index (χ4v) is 5.03. The molecule has 1 aliphatic carbocycles. The van der Waals surface area contributed by atoms with E-state index >= 15 is 0 Å². The van der Waals surface area contributed by atoms with Crippen LogP contribution in [0, 0.1) is 5.92 Å². The number of rotatable bonds is 7. The Kier molecular flexibility index (Phi) is 7.21. The lowest BCUT2D eigenvalue weighted by Crippen LogP contribution is -2.31. The summed E-state index contributed by atoms with van der Waals surface area (Å²) in [4.78, 5) is 7.01. The zero-order valence-corrected chi connectivity index (χ0v) is 19.7. The highest BCUT2D eigenvalue weighted by Crippen LogP contribution is 2.30. The van der Waals surface area contributed by atoms with Crippen LogP contribution in [0.3, 0.4) is 0 Å². The first kappa shape index (κ1) is 22.2. The summed E-state index contributed by atoms with van der Waals surface area (Å²) in [5, 5.41) is 9.84. The highest BCUT2D eigenvalue weighted by Gasteiger charge is 2.21. The van der Waals surface area contributed by atoms with Gasteiger partial charge >= 0.3 is 0 Å². The molecule has 0 unspecified atom stereocenters. The second-order valence-corrected chi connectivity index (χ2v) is 9.58. The predicted octanol–water partition coefficient (Wildman–Crippen LogP) is 6.37. The molecule has 0 amide bonds. The fourth-order valence-electron chi connectivity index (χ4n) is 4.45. The van der Waals surface area contributed by atoms with Crippen molar-refractivity contribution < 1.29 is 0 Å². The summed E-state index contributed by atoms with van der Waals surface area (Å²) < 4.78 is 0. The second kappa shape index (κ2) is 10.1. The summed E-state index contributed by atoms with van der Waals surface area (Å²) in [5.74, 6) is 1.68. The Bertz CT molecular complexity index is 1010. The van der Waals surface area contributed by atoms with Crippen molar-refractivity contribution in [2.24, 2.45) is 5.92 Å². The molecule has 4 rings (SSSR count). The van der Waals surface area contributed by atoms with Gasteiger partial charge in [0.1, 0.15) is 5.82 Å². The van der Waals surface area contributed by atoms with Gasteiger partial charge < -0.3 is 15.5 Å². The molecule has 0 spiro atoms. The molecule has 31 heavy (non-hydrogen) atoms. The number of hydrogen-bond donors (Lipinski definition) is 2. The Hall–Kier alpha value is -2.01. The average Bonchev–Trinajstić information content (AvgIpc) is 2.73. The summed E-state index contributed by atoms with van der Waals surface area (Å²) in [5.41, 5.74) is 3.37. The highest BCUT2D eigenvalue weighted by molar-refractivity contribution is 6.34. The van der Waals surface area contributed by atoms with Crippen LogP contribution < -0.4 is 15.5 Å². The lowest BCUT2D eigenvalue weighted by atomic mass is 9.86. The summed E-state index contributed by atoms with van der Waals surface area (Å²) in [6.45, 7) is 1.82. The first-order chi connectivity index (χ1) is 15.0. The Morgan fingerprint density at radius 1 is 0.968 bits per heavy atom. The molecular formula is C25H30Cl2N4. The SMILES string of the molecule is CN(C)c1cc(NC2CCC(CNCc3cc(Cl)cc(Cl)c3)CC2)nc2ccccc12. The standard InChI is InChI=1S/C25H30Cl2N4/c1-31(2)24-14-25(30-23-6-4-3-5-22(23)24)29-21-9-7-17(8-10-21)15-28-16-18-11-19(26)13-20(27)12-18/h3-6,11-14,17,21,28H,7-10,15-16H2,1-2H3,(H,29,30). The summed E-state index contributed by atoms with van der Waals surface area (Å²) in [6.07, 6.45) is 4.77. The Labute approximate surface area is 194 Å². The lowest BCUT2D eigenvalue weighted by Gasteiger charge is -2.30. The maximum absolute atomic E-state index is 6.09. The quantitative estimate of drug-likeness (QED) is 0.433. The van der Waals surface area contributed by atoms with E-state index in [0.717, 1.165) is 30.0 Å². The fraction of sp³-hybridized carbons (Fsp3) is 0.400. The van der Waals surface area contributed by atoms with Gasteiger partial charge in [-0.1, -0.05) is 41.4 Å². The van der Waals surface area contributed by atoms with Crippen molar-refractivity contribution in [3.63, 3.8) is 0 Å². The Balaban J connectivity index is 1.29. The molecule has 3 aromatic rings. The number of aromatic nitrogens is 1. The van der Waals surface area contributed by atoms with Crippen molar-refractivity contribution >= 4 is 45.6 Å². The van der Waals surface area contributed by atoms with E-state index in [9.17, 15) is 0 Å². The monoisotopic (exact) mass is 456 g/mol. The number of benzene rings is 2. The maximum atomic E-state index is 6.09. The Morgan fingerprint density at radius 3 is 2.39 bits per heavy atom. The second-order valence-electron chi connectivity index (χ2n) is 8.71. The van der Waals surface area contributed by atoms with E-state index in [4.69, 9.17) is 28.2 Å². The number of pyridine rings is 1. The van der Waals surface area contributed by atoms with Crippen LogP contribution in [0.2, 0.25) is 10.0 Å². The van der Waals surface area contributed by atoms with Crippen LogP contribution in [0.4, 0.5) is 11.5 Å². The van der Waals surface area contributed by atoms with Crippen LogP contribution in [-0.2, 0) is 6.54 Å². The van der Waals surface area contributed by atoms with Crippen molar-refractivity contribution in [3.8, 4) is 0 Å². The number of halogens is 2. The summed E-state index contributed by atoms with van der Waals surface area (Å²) in [6, 6.07) is 16.7. The molecule has 6 heteroatoms. The normalized spacial score (nSPS) is 18.8. The van der Waals surface area contributed by atoms with E-state index in [2.05, 4.69) is 53.9 Å². The van der Waals surface area contributed by atoms with Crippen LogP contribution in [0.25, 0.3) is 10.9 Å². The first-order valence-corrected chi connectivity index (χ1v) is 11.7. The van der Waals surface area contributed by atoms with E-state index in [1.807, 2.05) is 18.2 Å². The van der Waals surface area contributed by atoms with Gasteiger partial charge in [0.2, 0.25) is 0 Å². The van der Waals surface area contributed by atoms with E-state index in [0.29, 0.717) is 22.0 Å². The molecular weight excluding hydrogens is 427 g/mol. The van der Waals surface area contributed by atoms with Crippen molar-refractivity contribution in [1.82, 2.24) is 10.3 Å². The molecule has 0 saturated heterocycles. The number of anilines is 2. The molecule has 2 aromatic carbocycles. The van der Waals surface area contributed by atoms with Crippen LogP contribution >= 0.6 is 23.2 Å². The largest absolute Gasteiger partial charge is 0.377 e. The Morgan fingerprint density at radius 2 is 1.68 bits per heavy atom. The minimum absolute atomic E-state index is 0.478. The van der Waals surface area contributed by atoms with E-state index in [1.165, 1.54) is 36.8 Å². The molecule has 0 atom stereocenters. The number of fused-ring (bicyclic) bond motifs is 1. The van der Waals surface area contributed by atoms with Gasteiger partial charge in [0.15, 0.2) is 0 Å². The van der Waals surface area contributed by atoms with Gasteiger partial charge in [0, 0.05) is 53.9 Å². The third-order valence-corrected chi connectivity index (χ3v) is 6.50. The molecule has 1 saturated carbocycles. The van der Waals surface area contributed by atoms with Crippen LogP contribution in [-0.4, -0.2) is 31.7 Å². The van der Waals surface area contributed by atoms with Crippen LogP contribution in [0.5, 0.6) is 0 Å². The first-order valence-electron chi connectivity index (χ1n) is 11.0. The van der Waals surface area contributed by atoms with Crippen molar-refractivity contribution in [1.29, 1.82) is 0 Å². The molecule has 164 valence electrons. The van der Waals surface area contributed by atoms with Crippen LogP contribution in [0.1, 0.15) is 31.2 Å². The molecule has 0 radical (unpaired) electrons. The van der Waals surface area contributed by atoms with Crippen molar-refractivity contribution in [2.45, 2.75) is 38.3 Å². The van der Waals surface area contributed by atoms with Gasteiger partial charge in [-0.2, -0.15) is 0 Å². The van der Waals surface area contributed by atoms with Gasteiger partial charge in [0.05, 0.1) is 5.52 Å². The summed E-state index contributed by atoms with van der Waals surface area (Å²) >= 11 is 12.2. The third-order valence-electron chi connectivity index (χ3n) is 6.06. The zero-order valence-electron chi connectivity index (χ0n) is 18.2.